The molecular weight excluding hydrogens is 400 g/mol. The minimum absolute atomic E-state index is 0.155. The van der Waals surface area contributed by atoms with Gasteiger partial charge in [-0.1, -0.05) is 35.5 Å². The van der Waals surface area contributed by atoms with Crippen LogP contribution in [0.4, 0.5) is 0 Å². The number of H-pyrrole nitrogens is 1. The molecule has 2 unspecified atom stereocenters. The van der Waals surface area contributed by atoms with E-state index in [1.807, 2.05) is 30.3 Å². The van der Waals surface area contributed by atoms with E-state index in [0.717, 1.165) is 5.56 Å². The Morgan fingerprint density at radius 2 is 2.10 bits per heavy atom. The minimum atomic E-state index is -0.401. The van der Waals surface area contributed by atoms with Crippen LogP contribution in [0.15, 0.2) is 34.9 Å². The predicted octanol–water partition coefficient (Wildman–Crippen LogP) is 2.01. The van der Waals surface area contributed by atoms with Gasteiger partial charge in [-0.15, -0.1) is 0 Å². The number of methoxy groups -OCH3 is 1. The maximum absolute atomic E-state index is 13.4. The average molecular weight is 424 g/mol. The molecule has 4 rings (SSSR count). The van der Waals surface area contributed by atoms with Gasteiger partial charge in [0.2, 0.25) is 5.91 Å². The van der Waals surface area contributed by atoms with Crippen LogP contribution in [0.25, 0.3) is 11.4 Å². The summed E-state index contributed by atoms with van der Waals surface area (Å²) >= 11 is 0. The fourth-order valence-corrected chi connectivity index (χ4v) is 3.86. The van der Waals surface area contributed by atoms with Crippen LogP contribution in [-0.4, -0.2) is 56.7 Å². The van der Waals surface area contributed by atoms with Crippen LogP contribution in [0.3, 0.4) is 0 Å². The van der Waals surface area contributed by atoms with Crippen molar-refractivity contribution in [2.75, 3.05) is 13.7 Å². The first-order valence-corrected chi connectivity index (χ1v) is 9.97. The molecule has 1 aliphatic heterocycles. The third kappa shape index (κ3) is 4.19. The van der Waals surface area contributed by atoms with Crippen molar-refractivity contribution >= 4 is 11.8 Å². The molecule has 0 spiro atoms. The molecule has 1 aromatic carbocycles. The lowest BCUT2D eigenvalue weighted by atomic mass is 10.1. The number of carbonyl (C=O) groups is 2. The molecule has 0 bridgehead atoms. The number of hydrogen-bond donors (Lipinski definition) is 2. The molecule has 10 heteroatoms. The number of aromatic nitrogens is 4. The lowest BCUT2D eigenvalue weighted by molar-refractivity contribution is -0.119. The van der Waals surface area contributed by atoms with Crippen LogP contribution in [0.1, 0.15) is 47.0 Å². The molecule has 2 atom stereocenters. The highest BCUT2D eigenvalue weighted by atomic mass is 16.5. The molecule has 0 saturated carbocycles. The number of carbonyl (C=O) groups excluding carboxylic acids is 2. The van der Waals surface area contributed by atoms with Crippen molar-refractivity contribution in [3.8, 4) is 11.4 Å². The fraction of sp³-hybridized carbons (Fsp3) is 0.381. The molecule has 10 nitrogen and oxygen atoms in total. The van der Waals surface area contributed by atoms with E-state index in [4.69, 9.17) is 9.26 Å². The average Bonchev–Trinajstić information content (AvgIpc) is 3.47. The first-order valence-electron chi connectivity index (χ1n) is 9.97. The van der Waals surface area contributed by atoms with Crippen LogP contribution >= 0.6 is 0 Å². The summed E-state index contributed by atoms with van der Waals surface area (Å²) in [5.41, 5.74) is 1.68. The predicted molar refractivity (Wildman–Crippen MR) is 110 cm³/mol. The number of ether oxygens (including phenoxy) is 1. The van der Waals surface area contributed by atoms with Gasteiger partial charge in [-0.2, -0.15) is 5.10 Å². The Labute approximate surface area is 179 Å². The number of aryl methyl sites for hydroxylation is 1. The molecule has 2 amide bonds. The van der Waals surface area contributed by atoms with Crippen molar-refractivity contribution < 1.29 is 18.8 Å². The highest BCUT2D eigenvalue weighted by Crippen LogP contribution is 2.33. The van der Waals surface area contributed by atoms with Crippen LogP contribution in [-0.2, 0) is 16.1 Å². The summed E-state index contributed by atoms with van der Waals surface area (Å²) < 4.78 is 10.4. The zero-order valence-electron chi connectivity index (χ0n) is 17.6. The van der Waals surface area contributed by atoms with Crippen molar-refractivity contribution in [1.29, 1.82) is 0 Å². The van der Waals surface area contributed by atoms with E-state index in [-0.39, 0.29) is 30.2 Å². The third-order valence-corrected chi connectivity index (χ3v) is 5.30. The van der Waals surface area contributed by atoms with E-state index < -0.39 is 6.04 Å². The summed E-state index contributed by atoms with van der Waals surface area (Å²) in [6, 6.07) is 8.96. The normalized spacial score (nSPS) is 18.4. The van der Waals surface area contributed by atoms with E-state index >= 15 is 0 Å². The Kier molecular flexibility index (Phi) is 5.81. The quantitative estimate of drug-likeness (QED) is 0.620. The lowest BCUT2D eigenvalue weighted by Gasteiger charge is -2.22. The second kappa shape index (κ2) is 8.68. The van der Waals surface area contributed by atoms with Crippen molar-refractivity contribution in [2.45, 2.75) is 39.0 Å². The summed E-state index contributed by atoms with van der Waals surface area (Å²) in [5.74, 6) is 1.17. The molecule has 0 aliphatic carbocycles. The van der Waals surface area contributed by atoms with Crippen LogP contribution in [0.2, 0.25) is 0 Å². The number of rotatable bonds is 6. The number of nitrogens with zero attached hydrogens (tertiary/aromatic N) is 4. The largest absolute Gasteiger partial charge is 0.380 e. The van der Waals surface area contributed by atoms with Gasteiger partial charge in [-0.3, -0.25) is 14.7 Å². The van der Waals surface area contributed by atoms with Crippen LogP contribution in [0, 0.1) is 6.92 Å². The Hall–Kier alpha value is -3.53. The molecule has 162 valence electrons. The van der Waals surface area contributed by atoms with E-state index in [1.165, 1.54) is 6.92 Å². The van der Waals surface area contributed by atoms with Gasteiger partial charge in [-0.25, -0.2) is 4.98 Å². The maximum Gasteiger partial charge on any atom is 0.277 e. The number of hydrogen-bond acceptors (Lipinski definition) is 7. The molecule has 3 heterocycles. The van der Waals surface area contributed by atoms with E-state index in [9.17, 15) is 9.59 Å². The third-order valence-electron chi connectivity index (χ3n) is 5.30. The maximum atomic E-state index is 13.4. The molecule has 31 heavy (non-hydrogen) atoms. The van der Waals surface area contributed by atoms with Gasteiger partial charge in [0.1, 0.15) is 11.6 Å². The smallest absolute Gasteiger partial charge is 0.277 e. The minimum Gasteiger partial charge on any atom is -0.380 e. The highest BCUT2D eigenvalue weighted by Gasteiger charge is 2.40. The van der Waals surface area contributed by atoms with Crippen molar-refractivity contribution in [1.82, 2.24) is 30.6 Å². The molecular formula is C21H24N6O4. The first-order chi connectivity index (χ1) is 15.0. The van der Waals surface area contributed by atoms with Crippen molar-refractivity contribution in [2.24, 2.45) is 0 Å². The SMILES string of the molecule is COCc1c(C(=O)N2CC(NC(C)=O)CC2c2nc(-c3ccccc3)n[nH]2)noc1C. The fourth-order valence-electron chi connectivity index (χ4n) is 3.86. The summed E-state index contributed by atoms with van der Waals surface area (Å²) in [6.45, 7) is 3.73. The van der Waals surface area contributed by atoms with Crippen molar-refractivity contribution in [3.63, 3.8) is 0 Å². The molecule has 2 aromatic heterocycles. The number of amides is 2. The van der Waals surface area contributed by atoms with Gasteiger partial charge in [0.25, 0.3) is 5.91 Å². The highest BCUT2D eigenvalue weighted by molar-refractivity contribution is 5.94. The second-order valence-corrected chi connectivity index (χ2v) is 7.52. The van der Waals surface area contributed by atoms with Crippen LogP contribution < -0.4 is 5.32 Å². The molecule has 0 radical (unpaired) electrons. The van der Waals surface area contributed by atoms with Crippen LogP contribution in [0.5, 0.6) is 0 Å². The van der Waals surface area contributed by atoms with Gasteiger partial charge in [0.05, 0.1) is 18.2 Å². The van der Waals surface area contributed by atoms with Crippen molar-refractivity contribution in [3.05, 3.63) is 53.2 Å². The van der Waals surface area contributed by atoms with Gasteiger partial charge in [0.15, 0.2) is 11.5 Å². The number of aromatic amines is 1. The Morgan fingerprint density at radius 1 is 1.32 bits per heavy atom. The monoisotopic (exact) mass is 424 g/mol. The van der Waals surface area contributed by atoms with E-state index in [1.54, 1.807) is 18.9 Å². The Balaban J connectivity index is 1.65. The van der Waals surface area contributed by atoms with Gasteiger partial charge < -0.3 is 19.5 Å². The Bertz CT molecular complexity index is 1080. The molecule has 3 aromatic rings. The second-order valence-electron chi connectivity index (χ2n) is 7.52. The lowest BCUT2D eigenvalue weighted by Crippen LogP contribution is -2.38. The van der Waals surface area contributed by atoms with E-state index in [0.29, 0.717) is 35.9 Å². The molecule has 1 fully saturated rings. The number of nitrogens with one attached hydrogen (secondary N) is 2. The van der Waals surface area contributed by atoms with Gasteiger partial charge >= 0.3 is 0 Å². The first kappa shape index (κ1) is 20.7. The number of likely N-dealkylation sites (tertiary alicyclic amines) is 1. The summed E-state index contributed by atoms with van der Waals surface area (Å²) in [4.78, 5) is 31.3. The standard InChI is InChI=1S/C21H24N6O4/c1-12-16(11-30-3)18(26-31-12)21(29)27-10-15(22-13(2)28)9-17(27)20-23-19(24-25-20)14-7-5-4-6-8-14/h4-8,15,17H,9-11H2,1-3H3,(H,22,28)(H,23,24,25). The van der Waals surface area contributed by atoms with Gasteiger partial charge in [0, 0.05) is 32.2 Å². The summed E-state index contributed by atoms with van der Waals surface area (Å²) in [6.07, 6.45) is 0.505. The zero-order valence-corrected chi connectivity index (χ0v) is 17.6. The Morgan fingerprint density at radius 3 is 2.81 bits per heavy atom. The molecule has 1 aliphatic rings. The zero-order chi connectivity index (χ0) is 22.0. The number of benzene rings is 1. The summed E-state index contributed by atoms with van der Waals surface area (Å²) in [7, 11) is 1.55. The molecule has 1 saturated heterocycles. The topological polar surface area (TPSA) is 126 Å². The summed E-state index contributed by atoms with van der Waals surface area (Å²) in [5, 5.41) is 14.1. The van der Waals surface area contributed by atoms with Gasteiger partial charge in [-0.05, 0) is 13.3 Å². The van der Waals surface area contributed by atoms with E-state index in [2.05, 4.69) is 25.7 Å². The molecule has 2 N–H and O–H groups in total.